The van der Waals surface area contributed by atoms with Gasteiger partial charge in [0.2, 0.25) is 5.91 Å². The van der Waals surface area contributed by atoms with E-state index in [-0.39, 0.29) is 12.0 Å². The molecule has 2 aliphatic rings. The van der Waals surface area contributed by atoms with Gasteiger partial charge in [-0.05, 0) is 30.3 Å². The third-order valence-corrected chi connectivity index (χ3v) is 5.24. The first-order chi connectivity index (χ1) is 13.7. The standard InChI is InChI=1S/C20H21N5O3/c1-24-6-7-25(10-19(24)26)18-8-13(4-5-21-18)20-16-9-14(28-15-11-27-12-15)2-3-17(16)22-23-20/h2-5,8-9,15H,6-7,10-12H2,1H3,(H,22,23). The number of hydrogen-bond donors (Lipinski definition) is 1. The van der Waals surface area contributed by atoms with Crippen molar-refractivity contribution in [3.05, 3.63) is 36.5 Å². The maximum atomic E-state index is 12.0. The molecule has 0 bridgehead atoms. The Hall–Kier alpha value is -3.13. The van der Waals surface area contributed by atoms with Gasteiger partial charge in [0.1, 0.15) is 23.4 Å². The van der Waals surface area contributed by atoms with Crippen LogP contribution in [0.2, 0.25) is 0 Å². The Morgan fingerprint density at radius 2 is 2.11 bits per heavy atom. The highest BCUT2D eigenvalue weighted by Gasteiger charge is 2.23. The van der Waals surface area contributed by atoms with Crippen LogP contribution in [-0.2, 0) is 9.53 Å². The summed E-state index contributed by atoms with van der Waals surface area (Å²) in [5, 5.41) is 8.58. The predicted octanol–water partition coefficient (Wildman–Crippen LogP) is 1.68. The molecule has 8 nitrogen and oxygen atoms in total. The third-order valence-electron chi connectivity index (χ3n) is 5.24. The highest BCUT2D eigenvalue weighted by atomic mass is 16.6. The molecule has 0 unspecified atom stereocenters. The fourth-order valence-corrected chi connectivity index (χ4v) is 3.45. The van der Waals surface area contributed by atoms with Crippen LogP contribution in [0.1, 0.15) is 0 Å². The molecule has 0 radical (unpaired) electrons. The van der Waals surface area contributed by atoms with E-state index in [2.05, 4.69) is 15.2 Å². The van der Waals surface area contributed by atoms with Gasteiger partial charge in [0.15, 0.2) is 0 Å². The molecule has 0 atom stereocenters. The highest BCUT2D eigenvalue weighted by Crippen LogP contribution is 2.31. The summed E-state index contributed by atoms with van der Waals surface area (Å²) in [6.07, 6.45) is 1.88. The van der Waals surface area contributed by atoms with Crippen molar-refractivity contribution in [2.75, 3.05) is 44.8 Å². The molecular weight excluding hydrogens is 358 g/mol. The number of rotatable bonds is 4. The van der Waals surface area contributed by atoms with Crippen molar-refractivity contribution in [1.82, 2.24) is 20.1 Å². The topological polar surface area (TPSA) is 83.6 Å². The van der Waals surface area contributed by atoms with E-state index in [1.807, 2.05) is 42.3 Å². The number of likely N-dealkylation sites (N-methyl/N-ethyl adjacent to an activating group) is 1. The summed E-state index contributed by atoms with van der Waals surface area (Å²) >= 11 is 0. The average Bonchev–Trinajstić information content (AvgIpc) is 3.10. The van der Waals surface area contributed by atoms with Crippen molar-refractivity contribution < 1.29 is 14.3 Å². The number of carbonyl (C=O) groups is 1. The molecule has 28 heavy (non-hydrogen) atoms. The molecule has 0 saturated carbocycles. The quantitative estimate of drug-likeness (QED) is 0.743. The predicted molar refractivity (Wildman–Crippen MR) is 104 cm³/mol. The molecule has 0 spiro atoms. The van der Waals surface area contributed by atoms with E-state index in [0.717, 1.165) is 40.3 Å². The van der Waals surface area contributed by atoms with Crippen LogP contribution in [0, 0.1) is 0 Å². The molecule has 2 aromatic heterocycles. The number of carbonyl (C=O) groups excluding carboxylic acids is 1. The summed E-state index contributed by atoms with van der Waals surface area (Å²) in [5.41, 5.74) is 2.74. The summed E-state index contributed by atoms with van der Waals surface area (Å²) < 4.78 is 11.1. The zero-order valence-corrected chi connectivity index (χ0v) is 15.6. The maximum Gasteiger partial charge on any atom is 0.241 e. The van der Waals surface area contributed by atoms with Gasteiger partial charge in [-0.15, -0.1) is 0 Å². The van der Waals surface area contributed by atoms with Crippen LogP contribution in [0.15, 0.2) is 36.5 Å². The van der Waals surface area contributed by atoms with E-state index in [0.29, 0.717) is 26.3 Å². The smallest absolute Gasteiger partial charge is 0.241 e. The number of fused-ring (bicyclic) bond motifs is 1. The summed E-state index contributed by atoms with van der Waals surface area (Å²) in [6.45, 7) is 3.07. The van der Waals surface area contributed by atoms with E-state index in [1.165, 1.54) is 0 Å². The summed E-state index contributed by atoms with van der Waals surface area (Å²) in [4.78, 5) is 20.3. The van der Waals surface area contributed by atoms with Crippen LogP contribution in [0.25, 0.3) is 22.2 Å². The number of hydrogen-bond acceptors (Lipinski definition) is 6. The number of nitrogens with one attached hydrogen (secondary N) is 1. The van der Waals surface area contributed by atoms with Gasteiger partial charge in [0, 0.05) is 37.3 Å². The lowest BCUT2D eigenvalue weighted by molar-refractivity contribution is -0.129. The minimum Gasteiger partial charge on any atom is -0.486 e. The molecule has 1 aromatic carbocycles. The van der Waals surface area contributed by atoms with Crippen molar-refractivity contribution in [1.29, 1.82) is 0 Å². The summed E-state index contributed by atoms with van der Waals surface area (Å²) in [6, 6.07) is 9.84. The van der Waals surface area contributed by atoms with Gasteiger partial charge >= 0.3 is 0 Å². The molecule has 8 heteroatoms. The van der Waals surface area contributed by atoms with Gasteiger partial charge in [-0.25, -0.2) is 4.98 Å². The van der Waals surface area contributed by atoms with Crippen molar-refractivity contribution in [3.63, 3.8) is 0 Å². The second kappa shape index (κ2) is 6.79. The lowest BCUT2D eigenvalue weighted by Gasteiger charge is -2.32. The van der Waals surface area contributed by atoms with Crippen molar-refractivity contribution >= 4 is 22.6 Å². The second-order valence-electron chi connectivity index (χ2n) is 7.20. The lowest BCUT2D eigenvalue weighted by atomic mass is 10.1. The molecule has 5 rings (SSSR count). The zero-order chi connectivity index (χ0) is 19.1. The molecule has 0 aliphatic carbocycles. The second-order valence-corrected chi connectivity index (χ2v) is 7.20. The van der Waals surface area contributed by atoms with Crippen LogP contribution < -0.4 is 9.64 Å². The number of piperazine rings is 1. The maximum absolute atomic E-state index is 12.0. The zero-order valence-electron chi connectivity index (χ0n) is 15.6. The normalized spacial score (nSPS) is 17.8. The van der Waals surface area contributed by atoms with Gasteiger partial charge < -0.3 is 19.3 Å². The fraction of sp³-hybridized carbons (Fsp3) is 0.350. The first-order valence-corrected chi connectivity index (χ1v) is 9.35. The Morgan fingerprint density at radius 3 is 2.89 bits per heavy atom. The average molecular weight is 379 g/mol. The van der Waals surface area contributed by atoms with E-state index >= 15 is 0 Å². The van der Waals surface area contributed by atoms with Gasteiger partial charge in [0.25, 0.3) is 0 Å². The van der Waals surface area contributed by atoms with Gasteiger partial charge in [-0.1, -0.05) is 0 Å². The number of aromatic nitrogens is 3. The van der Waals surface area contributed by atoms with Crippen LogP contribution in [0.4, 0.5) is 5.82 Å². The molecule has 2 saturated heterocycles. The third kappa shape index (κ3) is 3.05. The molecule has 2 aliphatic heterocycles. The summed E-state index contributed by atoms with van der Waals surface area (Å²) in [5.74, 6) is 1.70. The molecule has 1 amide bonds. The van der Waals surface area contributed by atoms with Crippen LogP contribution in [0.3, 0.4) is 0 Å². The molecule has 144 valence electrons. The van der Waals surface area contributed by atoms with E-state index in [9.17, 15) is 4.79 Å². The van der Waals surface area contributed by atoms with E-state index in [1.54, 1.807) is 11.1 Å². The number of benzene rings is 1. The number of amides is 1. The van der Waals surface area contributed by atoms with Crippen LogP contribution >= 0.6 is 0 Å². The monoisotopic (exact) mass is 379 g/mol. The van der Waals surface area contributed by atoms with Gasteiger partial charge in [-0.3, -0.25) is 9.89 Å². The Kier molecular flexibility index (Phi) is 4.12. The number of anilines is 1. The van der Waals surface area contributed by atoms with E-state index in [4.69, 9.17) is 9.47 Å². The number of pyridine rings is 1. The van der Waals surface area contributed by atoms with E-state index < -0.39 is 0 Å². The number of H-pyrrole nitrogens is 1. The largest absolute Gasteiger partial charge is 0.486 e. The minimum absolute atomic E-state index is 0.102. The van der Waals surface area contributed by atoms with Gasteiger partial charge in [0.05, 0.1) is 25.3 Å². The lowest BCUT2D eigenvalue weighted by Crippen LogP contribution is -2.48. The fourth-order valence-electron chi connectivity index (χ4n) is 3.45. The van der Waals surface area contributed by atoms with Crippen LogP contribution in [0.5, 0.6) is 5.75 Å². The highest BCUT2D eigenvalue weighted by molar-refractivity contribution is 5.94. The Labute approximate surface area is 162 Å². The number of aromatic amines is 1. The SMILES string of the molecule is CN1CCN(c2cc(-c3n[nH]c4ccc(OC5COC5)cc34)ccn2)CC1=O. The molecule has 2 fully saturated rings. The molecular formula is C20H21N5O3. The van der Waals surface area contributed by atoms with Crippen molar-refractivity contribution in [2.45, 2.75) is 6.10 Å². The number of ether oxygens (including phenoxy) is 2. The molecule has 1 N–H and O–H groups in total. The van der Waals surface area contributed by atoms with Crippen LogP contribution in [-0.4, -0.2) is 72.0 Å². The Morgan fingerprint density at radius 1 is 1.21 bits per heavy atom. The van der Waals surface area contributed by atoms with Crippen molar-refractivity contribution in [2.24, 2.45) is 0 Å². The number of nitrogens with zero attached hydrogens (tertiary/aromatic N) is 4. The first kappa shape index (κ1) is 17.0. The minimum atomic E-state index is 0.102. The summed E-state index contributed by atoms with van der Waals surface area (Å²) in [7, 11) is 1.83. The Balaban J connectivity index is 1.46. The van der Waals surface area contributed by atoms with Gasteiger partial charge in [-0.2, -0.15) is 5.10 Å². The molecule has 4 heterocycles. The first-order valence-electron chi connectivity index (χ1n) is 9.35. The Bertz CT molecular complexity index is 1030. The molecule has 3 aromatic rings. The van der Waals surface area contributed by atoms with Crippen molar-refractivity contribution in [3.8, 4) is 17.0 Å².